The zero-order chi connectivity index (χ0) is 20.1. The fraction of sp³-hybridized carbons (Fsp3) is 0.455. The van der Waals surface area contributed by atoms with E-state index in [0.29, 0.717) is 11.8 Å². The van der Waals surface area contributed by atoms with Crippen molar-refractivity contribution in [1.29, 1.82) is 0 Å². The van der Waals surface area contributed by atoms with Gasteiger partial charge in [0.1, 0.15) is 11.8 Å². The van der Waals surface area contributed by atoms with Gasteiger partial charge in [0.05, 0.1) is 17.6 Å². The molecule has 5 heterocycles. The molecule has 1 saturated heterocycles. The van der Waals surface area contributed by atoms with Crippen LogP contribution in [0, 0.1) is 13.8 Å². The molecule has 1 aliphatic rings. The molecule has 0 atom stereocenters. The lowest BCUT2D eigenvalue weighted by atomic mass is 9.94. The molecule has 29 heavy (non-hydrogen) atoms. The number of aryl methyl sites for hydroxylation is 1. The average molecular weight is 390 g/mol. The van der Waals surface area contributed by atoms with Gasteiger partial charge in [-0.1, -0.05) is 13.8 Å². The van der Waals surface area contributed by atoms with Crippen molar-refractivity contribution >= 4 is 16.8 Å². The molecule has 0 saturated carbocycles. The van der Waals surface area contributed by atoms with E-state index in [0.717, 1.165) is 65.3 Å². The third-order valence-corrected chi connectivity index (χ3v) is 6.29. The third kappa shape index (κ3) is 2.92. The maximum atomic E-state index is 5.11. The van der Waals surface area contributed by atoms with Crippen LogP contribution < -0.4 is 5.32 Å². The second-order valence-corrected chi connectivity index (χ2v) is 8.41. The molecule has 2 N–H and O–H groups in total. The first-order valence-electron chi connectivity index (χ1n) is 10.4. The Labute approximate surface area is 170 Å². The first-order valence-corrected chi connectivity index (χ1v) is 10.4. The van der Waals surface area contributed by atoms with E-state index < -0.39 is 0 Å². The van der Waals surface area contributed by atoms with Crippen molar-refractivity contribution < 1.29 is 0 Å². The van der Waals surface area contributed by atoms with Gasteiger partial charge in [0.2, 0.25) is 0 Å². The Hall–Kier alpha value is -2.80. The Morgan fingerprint density at radius 2 is 1.90 bits per heavy atom. The maximum Gasteiger partial charge on any atom is 0.158 e. The number of pyridine rings is 1. The Kier molecular flexibility index (Phi) is 4.35. The molecule has 150 valence electrons. The van der Waals surface area contributed by atoms with Crippen LogP contribution in [0.1, 0.15) is 60.9 Å². The average Bonchev–Trinajstić information content (AvgIpc) is 3.35. The molecule has 1 aliphatic heterocycles. The number of hydrogen-bond acceptors (Lipinski definition) is 5. The van der Waals surface area contributed by atoms with Crippen LogP contribution in [-0.2, 0) is 0 Å². The van der Waals surface area contributed by atoms with Crippen LogP contribution in [0.2, 0.25) is 0 Å². The van der Waals surface area contributed by atoms with Crippen molar-refractivity contribution in [3.63, 3.8) is 0 Å². The minimum absolute atomic E-state index is 0.322. The largest absolute Gasteiger partial charge is 0.338 e. The summed E-state index contributed by atoms with van der Waals surface area (Å²) < 4.78 is 1.86. The molecule has 0 aliphatic carbocycles. The minimum Gasteiger partial charge on any atom is -0.338 e. The molecular formula is C22H27N7. The summed E-state index contributed by atoms with van der Waals surface area (Å²) in [4.78, 5) is 17.8. The summed E-state index contributed by atoms with van der Waals surface area (Å²) in [6, 6.07) is 0. The molecular weight excluding hydrogens is 362 g/mol. The van der Waals surface area contributed by atoms with E-state index in [1.807, 2.05) is 10.7 Å². The van der Waals surface area contributed by atoms with Crippen LogP contribution in [0.15, 0.2) is 18.7 Å². The van der Waals surface area contributed by atoms with Crippen molar-refractivity contribution in [3.8, 4) is 11.3 Å². The van der Waals surface area contributed by atoms with Gasteiger partial charge >= 0.3 is 0 Å². The van der Waals surface area contributed by atoms with Gasteiger partial charge in [0, 0.05) is 23.2 Å². The highest BCUT2D eigenvalue weighted by Gasteiger charge is 2.23. The number of H-pyrrole nitrogens is 1. The zero-order valence-corrected chi connectivity index (χ0v) is 17.5. The van der Waals surface area contributed by atoms with E-state index in [4.69, 9.17) is 9.97 Å². The van der Waals surface area contributed by atoms with E-state index in [1.165, 1.54) is 11.1 Å². The highest BCUT2D eigenvalue weighted by molar-refractivity contribution is 5.87. The fourth-order valence-corrected chi connectivity index (χ4v) is 4.53. The monoisotopic (exact) mass is 389 g/mol. The van der Waals surface area contributed by atoms with Gasteiger partial charge in [0.15, 0.2) is 11.3 Å². The standard InChI is InChI=1S/C22H27N7/c1-12(2)18-19(16-10-29-22(25-11-26-29)14(4)13(16)3)28-21-20(18)27-17(9-24-21)15-5-7-23-8-6-15/h9-12,15,23H,5-8H2,1-4H3,(H,24,28). The lowest BCUT2D eigenvalue weighted by molar-refractivity contribution is 0.453. The Balaban J connectivity index is 1.72. The molecule has 4 aromatic heterocycles. The van der Waals surface area contributed by atoms with Crippen LogP contribution in [0.3, 0.4) is 0 Å². The predicted octanol–water partition coefficient (Wildman–Crippen LogP) is 3.87. The molecule has 5 rings (SSSR count). The molecule has 7 heteroatoms. The number of hydrogen-bond donors (Lipinski definition) is 2. The summed E-state index contributed by atoms with van der Waals surface area (Å²) in [6.45, 7) is 10.8. The topological polar surface area (TPSA) is 83.8 Å². The van der Waals surface area contributed by atoms with Crippen LogP contribution >= 0.6 is 0 Å². The number of rotatable bonds is 3. The zero-order valence-electron chi connectivity index (χ0n) is 17.5. The number of nitrogens with one attached hydrogen (secondary N) is 2. The fourth-order valence-electron chi connectivity index (χ4n) is 4.53. The summed E-state index contributed by atoms with van der Waals surface area (Å²) >= 11 is 0. The summed E-state index contributed by atoms with van der Waals surface area (Å²) in [6.07, 6.45) is 7.87. The van der Waals surface area contributed by atoms with Crippen molar-refractivity contribution in [3.05, 3.63) is 41.1 Å². The SMILES string of the molecule is Cc1c(-c2[nH]c3ncc(C4CCNCC4)nc3c2C(C)C)cn2ncnc2c1C. The smallest absolute Gasteiger partial charge is 0.158 e. The number of piperidine rings is 1. The lowest BCUT2D eigenvalue weighted by Crippen LogP contribution is -2.27. The first kappa shape index (κ1) is 18.2. The third-order valence-electron chi connectivity index (χ3n) is 6.29. The summed E-state index contributed by atoms with van der Waals surface area (Å²) in [5.41, 5.74) is 9.68. The summed E-state index contributed by atoms with van der Waals surface area (Å²) in [7, 11) is 0. The van der Waals surface area contributed by atoms with Crippen LogP contribution in [0.5, 0.6) is 0 Å². The van der Waals surface area contributed by atoms with E-state index in [-0.39, 0.29) is 0 Å². The number of nitrogens with zero attached hydrogens (tertiary/aromatic N) is 5. The summed E-state index contributed by atoms with van der Waals surface area (Å²) in [5, 5.41) is 7.80. The van der Waals surface area contributed by atoms with Gasteiger partial charge in [-0.3, -0.25) is 0 Å². The lowest BCUT2D eigenvalue weighted by Gasteiger charge is -2.21. The number of aromatic amines is 1. The normalized spacial score (nSPS) is 15.8. The summed E-state index contributed by atoms with van der Waals surface area (Å²) in [5.74, 6) is 0.810. The second-order valence-electron chi connectivity index (χ2n) is 8.41. The Morgan fingerprint density at radius 3 is 2.66 bits per heavy atom. The van der Waals surface area contributed by atoms with Gasteiger partial charge < -0.3 is 10.3 Å². The van der Waals surface area contributed by atoms with E-state index in [9.17, 15) is 0 Å². The molecule has 7 nitrogen and oxygen atoms in total. The van der Waals surface area contributed by atoms with Gasteiger partial charge in [-0.2, -0.15) is 5.10 Å². The van der Waals surface area contributed by atoms with Gasteiger partial charge in [-0.25, -0.2) is 19.5 Å². The quantitative estimate of drug-likeness (QED) is 0.556. The van der Waals surface area contributed by atoms with Crippen molar-refractivity contribution in [1.82, 2.24) is 34.9 Å². The predicted molar refractivity (Wildman–Crippen MR) is 114 cm³/mol. The maximum absolute atomic E-state index is 5.11. The van der Waals surface area contributed by atoms with Gasteiger partial charge in [-0.05, 0) is 56.8 Å². The van der Waals surface area contributed by atoms with E-state index >= 15 is 0 Å². The molecule has 0 radical (unpaired) electrons. The van der Waals surface area contributed by atoms with E-state index in [2.05, 4.69) is 54.3 Å². The van der Waals surface area contributed by atoms with Crippen molar-refractivity contribution in [2.75, 3.05) is 13.1 Å². The Morgan fingerprint density at radius 1 is 1.10 bits per heavy atom. The highest BCUT2D eigenvalue weighted by atomic mass is 15.3. The molecule has 0 bridgehead atoms. The van der Waals surface area contributed by atoms with Crippen LogP contribution in [0.25, 0.3) is 28.1 Å². The van der Waals surface area contributed by atoms with E-state index in [1.54, 1.807) is 6.33 Å². The van der Waals surface area contributed by atoms with Gasteiger partial charge in [-0.15, -0.1) is 0 Å². The molecule has 1 fully saturated rings. The number of aromatic nitrogens is 6. The highest BCUT2D eigenvalue weighted by Crippen LogP contribution is 2.37. The number of fused-ring (bicyclic) bond motifs is 2. The molecule has 4 aromatic rings. The molecule has 0 unspecified atom stereocenters. The van der Waals surface area contributed by atoms with Crippen molar-refractivity contribution in [2.45, 2.75) is 52.4 Å². The molecule has 0 amide bonds. The minimum atomic E-state index is 0.322. The van der Waals surface area contributed by atoms with Crippen LogP contribution in [-0.4, -0.2) is 42.6 Å². The second kappa shape index (κ2) is 6.91. The first-order chi connectivity index (χ1) is 14.0. The van der Waals surface area contributed by atoms with Crippen molar-refractivity contribution in [2.24, 2.45) is 0 Å². The Bertz CT molecular complexity index is 1200. The molecule has 0 aromatic carbocycles. The van der Waals surface area contributed by atoms with Crippen LogP contribution in [0.4, 0.5) is 0 Å². The van der Waals surface area contributed by atoms with Gasteiger partial charge in [0.25, 0.3) is 0 Å². The molecule has 0 spiro atoms.